The summed E-state index contributed by atoms with van der Waals surface area (Å²) >= 11 is 0. The molecule has 0 radical (unpaired) electrons. The highest BCUT2D eigenvalue weighted by atomic mass is 32.2. The number of sulfonamides is 1. The molecular formula is C22H26FN5O3S. The van der Waals surface area contributed by atoms with Crippen molar-refractivity contribution in [2.75, 3.05) is 26.0 Å². The second kappa shape index (κ2) is 8.40. The maximum Gasteiger partial charge on any atom is 0.211 e. The fraction of sp³-hybridized carbons (Fsp3) is 0.500. The van der Waals surface area contributed by atoms with Gasteiger partial charge in [-0.2, -0.15) is 0 Å². The minimum atomic E-state index is -3.19. The number of benzene rings is 1. The van der Waals surface area contributed by atoms with Crippen LogP contribution >= 0.6 is 0 Å². The minimum absolute atomic E-state index is 0.169. The molecule has 10 heteroatoms. The van der Waals surface area contributed by atoms with E-state index in [0.29, 0.717) is 38.1 Å². The Morgan fingerprint density at radius 3 is 2.94 bits per heavy atom. The monoisotopic (exact) mass is 459 g/mol. The summed E-state index contributed by atoms with van der Waals surface area (Å²) in [5, 5.41) is 8.43. The number of fused-ring (bicyclic) bond motifs is 2. The average molecular weight is 460 g/mol. The van der Waals surface area contributed by atoms with E-state index in [1.165, 1.54) is 12.3 Å². The number of hydrogen-bond donors (Lipinski definition) is 0. The first-order chi connectivity index (χ1) is 15.4. The normalized spacial score (nSPS) is 19.6. The van der Waals surface area contributed by atoms with E-state index >= 15 is 0 Å². The Kier molecular flexibility index (Phi) is 5.58. The molecule has 0 amide bonds. The van der Waals surface area contributed by atoms with Gasteiger partial charge in [0.2, 0.25) is 10.0 Å². The highest BCUT2D eigenvalue weighted by Crippen LogP contribution is 2.32. The van der Waals surface area contributed by atoms with E-state index in [1.54, 1.807) is 16.7 Å². The zero-order chi connectivity index (χ0) is 22.3. The van der Waals surface area contributed by atoms with Gasteiger partial charge < -0.3 is 4.74 Å². The lowest BCUT2D eigenvalue weighted by Gasteiger charge is -2.18. The van der Waals surface area contributed by atoms with Gasteiger partial charge >= 0.3 is 0 Å². The number of hydrogen-bond acceptors (Lipinski definition) is 6. The topological polar surface area (TPSA) is 89.7 Å². The Balaban J connectivity index is 1.38. The van der Waals surface area contributed by atoms with Crippen molar-refractivity contribution in [3.05, 3.63) is 53.0 Å². The van der Waals surface area contributed by atoms with Crippen LogP contribution in [0.1, 0.15) is 47.7 Å². The number of halogens is 1. The van der Waals surface area contributed by atoms with Crippen LogP contribution < -0.4 is 4.74 Å². The Morgan fingerprint density at radius 1 is 1.22 bits per heavy atom. The Bertz CT molecular complexity index is 1260. The van der Waals surface area contributed by atoms with Gasteiger partial charge in [-0.3, -0.25) is 4.40 Å². The largest absolute Gasteiger partial charge is 0.493 e. The molecule has 170 valence electrons. The molecule has 32 heavy (non-hydrogen) atoms. The van der Waals surface area contributed by atoms with Crippen LogP contribution in [0.25, 0.3) is 5.65 Å². The number of nitrogens with zero attached hydrogens (tertiary/aromatic N) is 5. The van der Waals surface area contributed by atoms with Crippen LogP contribution in [0.5, 0.6) is 5.75 Å². The third kappa shape index (κ3) is 3.97. The fourth-order valence-electron chi connectivity index (χ4n) is 4.89. The van der Waals surface area contributed by atoms with Crippen LogP contribution in [0.15, 0.2) is 24.7 Å². The molecule has 0 N–H and O–H groups in total. The lowest BCUT2D eigenvalue weighted by atomic mass is 9.93. The molecule has 8 nitrogen and oxygen atoms in total. The molecule has 1 unspecified atom stereocenters. The third-order valence-electron chi connectivity index (χ3n) is 6.57. The molecule has 1 fully saturated rings. The molecule has 2 aromatic heterocycles. The highest BCUT2D eigenvalue weighted by molar-refractivity contribution is 7.88. The van der Waals surface area contributed by atoms with E-state index < -0.39 is 10.0 Å². The van der Waals surface area contributed by atoms with Crippen molar-refractivity contribution in [3.8, 4) is 5.75 Å². The summed E-state index contributed by atoms with van der Waals surface area (Å²) in [7, 11) is -3.19. The van der Waals surface area contributed by atoms with Crippen LogP contribution in [0.3, 0.4) is 0 Å². The summed E-state index contributed by atoms with van der Waals surface area (Å²) in [6.45, 7) is 1.62. The molecule has 3 aromatic rings. The van der Waals surface area contributed by atoms with E-state index in [-0.39, 0.29) is 11.7 Å². The zero-order valence-corrected chi connectivity index (χ0v) is 18.8. The molecule has 2 aliphatic rings. The smallest absolute Gasteiger partial charge is 0.211 e. The first-order valence-electron chi connectivity index (χ1n) is 11.0. The van der Waals surface area contributed by atoms with Crippen molar-refractivity contribution in [1.82, 2.24) is 23.9 Å². The van der Waals surface area contributed by atoms with Gasteiger partial charge in [0, 0.05) is 43.3 Å². The van der Waals surface area contributed by atoms with E-state index in [2.05, 4.69) is 15.2 Å². The molecule has 1 atom stereocenters. The van der Waals surface area contributed by atoms with Gasteiger partial charge in [0.15, 0.2) is 5.65 Å². The van der Waals surface area contributed by atoms with Crippen molar-refractivity contribution in [2.45, 2.75) is 44.4 Å². The lowest BCUT2D eigenvalue weighted by Crippen LogP contribution is -2.30. The van der Waals surface area contributed by atoms with E-state index in [1.807, 2.05) is 10.6 Å². The maximum atomic E-state index is 14.5. The van der Waals surface area contributed by atoms with Crippen LogP contribution in [-0.4, -0.2) is 58.3 Å². The molecule has 0 saturated carbocycles. The second-order valence-corrected chi connectivity index (χ2v) is 10.5. The van der Waals surface area contributed by atoms with Crippen molar-refractivity contribution in [2.24, 2.45) is 0 Å². The molecular weight excluding hydrogens is 433 g/mol. The maximum absolute atomic E-state index is 14.5. The van der Waals surface area contributed by atoms with E-state index in [4.69, 9.17) is 4.74 Å². The van der Waals surface area contributed by atoms with Gasteiger partial charge in [-0.05, 0) is 49.3 Å². The van der Waals surface area contributed by atoms with Gasteiger partial charge in [-0.1, -0.05) is 0 Å². The Morgan fingerprint density at radius 2 is 2.09 bits per heavy atom. The molecule has 2 aliphatic heterocycles. The molecule has 1 saturated heterocycles. The van der Waals surface area contributed by atoms with Crippen LogP contribution in [-0.2, 0) is 29.3 Å². The van der Waals surface area contributed by atoms with E-state index in [0.717, 1.165) is 54.0 Å². The highest BCUT2D eigenvalue weighted by Gasteiger charge is 2.26. The van der Waals surface area contributed by atoms with Crippen molar-refractivity contribution >= 4 is 15.7 Å². The summed E-state index contributed by atoms with van der Waals surface area (Å²) in [4.78, 5) is 4.69. The Labute approximate surface area is 186 Å². The molecule has 0 aliphatic carbocycles. The van der Waals surface area contributed by atoms with Crippen LogP contribution in [0.2, 0.25) is 0 Å². The van der Waals surface area contributed by atoms with Gasteiger partial charge in [0.1, 0.15) is 23.7 Å². The molecule has 5 rings (SSSR count). The van der Waals surface area contributed by atoms with Crippen molar-refractivity contribution in [3.63, 3.8) is 0 Å². The van der Waals surface area contributed by atoms with Gasteiger partial charge in [-0.25, -0.2) is 22.1 Å². The quantitative estimate of drug-likeness (QED) is 0.583. The lowest BCUT2D eigenvalue weighted by molar-refractivity contribution is 0.356. The standard InChI is InChI=1S/C22H26FN5O3S/c1-32(29,30)27-10-2-3-15(8-11-27)18-13-24-21(28-14-25-26-22(18)28)7-4-16-17-9-12-31-20(17)6-5-19(16)23/h5-6,13-15H,2-4,7-12H2,1H3. The van der Waals surface area contributed by atoms with Crippen molar-refractivity contribution < 1.29 is 17.5 Å². The first-order valence-corrected chi connectivity index (χ1v) is 12.8. The SMILES string of the molecule is CS(=O)(=O)N1CCCC(c2cnc(CCc3c(F)ccc4c3CCO4)n3cnnc23)CC1. The summed E-state index contributed by atoms with van der Waals surface area (Å²) in [5.74, 6) is 1.51. The van der Waals surface area contributed by atoms with Crippen molar-refractivity contribution in [1.29, 1.82) is 0 Å². The average Bonchev–Trinajstić information content (AvgIpc) is 3.36. The molecule has 1 aromatic carbocycles. The fourth-order valence-corrected chi connectivity index (χ4v) is 5.79. The van der Waals surface area contributed by atoms with Crippen LogP contribution in [0, 0.1) is 5.82 Å². The second-order valence-electron chi connectivity index (χ2n) is 8.55. The number of aryl methyl sites for hydroxylation is 1. The third-order valence-corrected chi connectivity index (χ3v) is 7.88. The number of aromatic nitrogens is 4. The van der Waals surface area contributed by atoms with Crippen LogP contribution in [0.4, 0.5) is 4.39 Å². The van der Waals surface area contributed by atoms with Gasteiger partial charge in [0.05, 0.1) is 12.9 Å². The minimum Gasteiger partial charge on any atom is -0.493 e. The number of rotatable bonds is 5. The molecule has 4 heterocycles. The summed E-state index contributed by atoms with van der Waals surface area (Å²) in [6.07, 6.45) is 8.93. The molecule has 0 bridgehead atoms. The van der Waals surface area contributed by atoms with E-state index in [9.17, 15) is 12.8 Å². The molecule has 0 spiro atoms. The predicted molar refractivity (Wildman–Crippen MR) is 117 cm³/mol. The summed E-state index contributed by atoms with van der Waals surface area (Å²) < 4.78 is 47.4. The predicted octanol–water partition coefficient (Wildman–Crippen LogP) is 2.51. The number of ether oxygens (including phenoxy) is 1. The summed E-state index contributed by atoms with van der Waals surface area (Å²) in [6, 6.07) is 3.17. The van der Waals surface area contributed by atoms with Gasteiger partial charge in [-0.15, -0.1) is 10.2 Å². The Hall–Kier alpha value is -2.59. The first kappa shape index (κ1) is 21.3. The zero-order valence-electron chi connectivity index (χ0n) is 18.0. The summed E-state index contributed by atoms with van der Waals surface area (Å²) in [5.41, 5.74) is 3.38. The van der Waals surface area contributed by atoms with Gasteiger partial charge in [0.25, 0.3) is 0 Å².